The van der Waals surface area contributed by atoms with Gasteiger partial charge in [0.25, 0.3) is 5.91 Å². The topological polar surface area (TPSA) is 85.8 Å². The summed E-state index contributed by atoms with van der Waals surface area (Å²) in [5.74, 6) is -0.284. The van der Waals surface area contributed by atoms with Gasteiger partial charge in [0.15, 0.2) is 0 Å². The van der Waals surface area contributed by atoms with E-state index < -0.39 is 5.91 Å². The number of fused-ring (bicyclic) bond motifs is 1. The maximum atomic E-state index is 13.2. The second-order valence-electron chi connectivity index (χ2n) is 6.59. The monoisotopic (exact) mass is 419 g/mol. The maximum absolute atomic E-state index is 13.2. The van der Waals surface area contributed by atoms with Gasteiger partial charge in [-0.1, -0.05) is 48.0 Å². The molecule has 3 N–H and O–H groups in total. The summed E-state index contributed by atoms with van der Waals surface area (Å²) in [4.78, 5) is 26.3. The minimum atomic E-state index is -0.469. The summed E-state index contributed by atoms with van der Waals surface area (Å²) in [7, 11) is 1.50. The van der Waals surface area contributed by atoms with Gasteiger partial charge < -0.3 is 20.2 Å². The molecular formula is C23H18ClN3O3. The Balaban J connectivity index is 1.83. The summed E-state index contributed by atoms with van der Waals surface area (Å²) in [5.41, 5.74) is 8.30. The minimum Gasteiger partial charge on any atom is -0.495 e. The van der Waals surface area contributed by atoms with E-state index in [-0.39, 0.29) is 22.7 Å². The van der Waals surface area contributed by atoms with Crippen molar-refractivity contribution in [2.75, 3.05) is 18.2 Å². The number of anilines is 2. The molecule has 0 fully saturated rings. The zero-order chi connectivity index (χ0) is 21.3. The first-order chi connectivity index (χ1) is 14.5. The molecule has 0 unspecified atom stereocenters. The van der Waals surface area contributed by atoms with Crippen molar-refractivity contribution in [3.63, 3.8) is 0 Å². The second-order valence-corrected chi connectivity index (χ2v) is 7.02. The molecule has 0 spiro atoms. The van der Waals surface area contributed by atoms with Gasteiger partial charge in [-0.15, -0.1) is 0 Å². The average molecular weight is 420 g/mol. The number of hydrogen-bond acceptors (Lipinski definition) is 4. The summed E-state index contributed by atoms with van der Waals surface area (Å²) in [5, 5.41) is 3.24. The maximum Gasteiger partial charge on any atom is 0.260 e. The lowest BCUT2D eigenvalue weighted by Crippen LogP contribution is -2.14. The number of nitrogen functional groups attached to an aromatic ring is 1. The van der Waals surface area contributed by atoms with Crippen molar-refractivity contribution < 1.29 is 14.3 Å². The van der Waals surface area contributed by atoms with Crippen LogP contribution in [0.25, 0.3) is 5.52 Å². The number of ether oxygens (including phenoxy) is 1. The number of halogens is 1. The number of nitrogens with two attached hydrogens (primary N) is 1. The van der Waals surface area contributed by atoms with E-state index in [4.69, 9.17) is 22.1 Å². The first-order valence-electron chi connectivity index (χ1n) is 9.14. The minimum absolute atomic E-state index is 0.105. The second kappa shape index (κ2) is 7.93. The molecule has 150 valence electrons. The zero-order valence-electron chi connectivity index (χ0n) is 16.1. The first kappa shape index (κ1) is 19.5. The fraction of sp³-hybridized carbons (Fsp3) is 0.0435. The molecule has 7 heteroatoms. The molecule has 0 saturated heterocycles. The summed E-state index contributed by atoms with van der Waals surface area (Å²) < 4.78 is 6.93. The summed E-state index contributed by atoms with van der Waals surface area (Å²) in [6.07, 6.45) is 1.71. The predicted octanol–water partition coefficient (Wildman–Crippen LogP) is 4.67. The summed E-state index contributed by atoms with van der Waals surface area (Å²) in [6.45, 7) is 0. The number of carbonyl (C=O) groups is 2. The molecule has 1 amide bonds. The number of benzene rings is 2. The highest BCUT2D eigenvalue weighted by Gasteiger charge is 2.26. The molecule has 30 heavy (non-hydrogen) atoms. The molecule has 0 aliphatic heterocycles. The van der Waals surface area contributed by atoms with Crippen LogP contribution in [0.2, 0.25) is 5.02 Å². The van der Waals surface area contributed by atoms with Gasteiger partial charge in [0, 0.05) is 16.8 Å². The summed E-state index contributed by atoms with van der Waals surface area (Å²) >= 11 is 6.06. The number of nitrogens with one attached hydrogen (secondary N) is 1. The van der Waals surface area contributed by atoms with Gasteiger partial charge in [0.1, 0.15) is 11.4 Å². The Bertz CT molecular complexity index is 1270. The van der Waals surface area contributed by atoms with E-state index in [0.29, 0.717) is 27.5 Å². The number of aromatic nitrogens is 1. The lowest BCUT2D eigenvalue weighted by atomic mass is 10.1. The number of pyridine rings is 1. The van der Waals surface area contributed by atoms with Crippen LogP contribution >= 0.6 is 11.6 Å². The average Bonchev–Trinajstić information content (AvgIpc) is 3.05. The van der Waals surface area contributed by atoms with Crippen molar-refractivity contribution in [1.82, 2.24) is 4.40 Å². The third-order valence-electron chi connectivity index (χ3n) is 4.77. The van der Waals surface area contributed by atoms with Crippen molar-refractivity contribution in [3.05, 3.63) is 94.8 Å². The zero-order valence-corrected chi connectivity index (χ0v) is 16.8. The molecule has 0 saturated carbocycles. The predicted molar refractivity (Wildman–Crippen MR) is 118 cm³/mol. The van der Waals surface area contributed by atoms with Crippen LogP contribution in [0.3, 0.4) is 0 Å². The molecule has 0 radical (unpaired) electrons. The van der Waals surface area contributed by atoms with Crippen molar-refractivity contribution in [3.8, 4) is 5.75 Å². The highest BCUT2D eigenvalue weighted by molar-refractivity contribution is 6.31. The highest BCUT2D eigenvalue weighted by atomic mass is 35.5. The Morgan fingerprint density at radius 2 is 1.77 bits per heavy atom. The number of nitrogens with zero attached hydrogens (tertiary/aromatic N) is 1. The Labute approximate surface area is 177 Å². The van der Waals surface area contributed by atoms with E-state index in [1.54, 1.807) is 71.3 Å². The van der Waals surface area contributed by atoms with Crippen molar-refractivity contribution in [2.24, 2.45) is 0 Å². The van der Waals surface area contributed by atoms with E-state index in [1.165, 1.54) is 7.11 Å². The molecule has 4 rings (SSSR count). The van der Waals surface area contributed by atoms with Crippen LogP contribution in [0.4, 0.5) is 11.4 Å². The standard InChI is InChI=1S/C23H18ClN3O3/c1-30-18-11-10-15(24)13-16(18)26-23(29)19-17-9-5-6-12-27(17)21(20(19)25)22(28)14-7-3-2-4-8-14/h2-13H,25H2,1H3,(H,26,29). The Morgan fingerprint density at radius 3 is 2.50 bits per heavy atom. The van der Waals surface area contributed by atoms with E-state index in [2.05, 4.69) is 5.32 Å². The van der Waals surface area contributed by atoms with Crippen molar-refractivity contribution in [2.45, 2.75) is 0 Å². The quantitative estimate of drug-likeness (QED) is 0.460. The van der Waals surface area contributed by atoms with E-state index in [0.717, 1.165) is 0 Å². The van der Waals surface area contributed by atoms with Crippen LogP contribution in [-0.4, -0.2) is 23.2 Å². The van der Waals surface area contributed by atoms with Gasteiger partial charge in [-0.05, 0) is 30.3 Å². The van der Waals surface area contributed by atoms with E-state index >= 15 is 0 Å². The Kier molecular flexibility index (Phi) is 5.16. The molecule has 2 aromatic carbocycles. The lowest BCUT2D eigenvalue weighted by molar-refractivity contribution is 0.102. The third kappa shape index (κ3) is 3.38. The van der Waals surface area contributed by atoms with Gasteiger partial charge in [-0.2, -0.15) is 0 Å². The van der Waals surface area contributed by atoms with Crippen LogP contribution < -0.4 is 15.8 Å². The van der Waals surface area contributed by atoms with Gasteiger partial charge in [0.2, 0.25) is 5.78 Å². The van der Waals surface area contributed by atoms with Crippen LogP contribution in [0.5, 0.6) is 5.75 Å². The normalized spacial score (nSPS) is 10.7. The number of methoxy groups -OCH3 is 1. The SMILES string of the molecule is COc1ccc(Cl)cc1NC(=O)c1c(N)c(C(=O)c2ccccc2)n2ccccc12. The van der Waals surface area contributed by atoms with Crippen LogP contribution in [-0.2, 0) is 0 Å². The molecule has 0 atom stereocenters. The fourth-order valence-corrected chi connectivity index (χ4v) is 3.56. The van der Waals surface area contributed by atoms with Gasteiger partial charge in [-0.25, -0.2) is 0 Å². The Hall–Kier alpha value is -3.77. The fourth-order valence-electron chi connectivity index (χ4n) is 3.39. The number of hydrogen-bond donors (Lipinski definition) is 2. The molecule has 2 aromatic heterocycles. The molecule has 6 nitrogen and oxygen atoms in total. The highest BCUT2D eigenvalue weighted by Crippen LogP contribution is 2.32. The number of carbonyl (C=O) groups excluding carboxylic acids is 2. The molecular weight excluding hydrogens is 402 g/mol. The first-order valence-corrected chi connectivity index (χ1v) is 9.52. The molecule has 2 heterocycles. The van der Waals surface area contributed by atoms with Crippen LogP contribution in [0, 0.1) is 0 Å². The number of amides is 1. The molecule has 0 bridgehead atoms. The van der Waals surface area contributed by atoms with Gasteiger partial charge in [-0.3, -0.25) is 9.59 Å². The Morgan fingerprint density at radius 1 is 1.03 bits per heavy atom. The van der Waals surface area contributed by atoms with Crippen molar-refractivity contribution >= 4 is 40.2 Å². The molecule has 0 aliphatic carbocycles. The van der Waals surface area contributed by atoms with Gasteiger partial charge in [0.05, 0.1) is 29.6 Å². The summed E-state index contributed by atoms with van der Waals surface area (Å²) in [6, 6.07) is 19.0. The van der Waals surface area contributed by atoms with Crippen LogP contribution in [0.15, 0.2) is 72.9 Å². The smallest absolute Gasteiger partial charge is 0.260 e. The largest absolute Gasteiger partial charge is 0.495 e. The van der Waals surface area contributed by atoms with Crippen molar-refractivity contribution in [1.29, 1.82) is 0 Å². The van der Waals surface area contributed by atoms with Gasteiger partial charge >= 0.3 is 0 Å². The van der Waals surface area contributed by atoms with Crippen LogP contribution in [0.1, 0.15) is 26.4 Å². The third-order valence-corrected chi connectivity index (χ3v) is 5.00. The molecule has 0 aliphatic rings. The van der Waals surface area contributed by atoms with E-state index in [1.807, 2.05) is 6.07 Å². The number of rotatable bonds is 5. The number of ketones is 1. The van der Waals surface area contributed by atoms with E-state index in [9.17, 15) is 9.59 Å². The molecule has 4 aromatic rings. The lowest BCUT2D eigenvalue weighted by Gasteiger charge is -2.10.